The van der Waals surface area contributed by atoms with Crippen LogP contribution >= 0.6 is 11.3 Å². The minimum atomic E-state index is -0.344. The van der Waals surface area contributed by atoms with Crippen LogP contribution in [0.1, 0.15) is 43.3 Å². The maximum absolute atomic E-state index is 10.3. The Labute approximate surface area is 111 Å². The van der Waals surface area contributed by atoms with Crippen molar-refractivity contribution in [1.82, 2.24) is 9.55 Å². The fourth-order valence-electron chi connectivity index (χ4n) is 2.94. The summed E-state index contributed by atoms with van der Waals surface area (Å²) in [7, 11) is 0. The minimum absolute atomic E-state index is 0.145. The van der Waals surface area contributed by atoms with Crippen LogP contribution in [0, 0.1) is 12.3 Å². The lowest BCUT2D eigenvalue weighted by molar-refractivity contribution is 0.0987. The Balaban J connectivity index is 2.18. The molecule has 1 atom stereocenters. The molecule has 2 heterocycles. The molecule has 1 unspecified atom stereocenters. The van der Waals surface area contributed by atoms with Gasteiger partial charge in [0, 0.05) is 28.5 Å². The average Bonchev–Trinajstić information content (AvgIpc) is 2.83. The fourth-order valence-corrected chi connectivity index (χ4v) is 3.66. The molecule has 1 aliphatic carbocycles. The lowest BCUT2D eigenvalue weighted by Gasteiger charge is -2.33. The third kappa shape index (κ3) is 1.80. The standard InChI is InChI=1S/C14H18N2OS/c1-9-6-10-11(7-14(2,3)8-12(10)17)16(9)13-15-4-5-18-13/h4-6,12,17H,7-8H2,1-3H3. The Morgan fingerprint density at radius 2 is 2.28 bits per heavy atom. The van der Waals surface area contributed by atoms with Crippen LogP contribution in [0.25, 0.3) is 5.13 Å². The van der Waals surface area contributed by atoms with Crippen LogP contribution in [0.3, 0.4) is 0 Å². The van der Waals surface area contributed by atoms with Gasteiger partial charge in [-0.05, 0) is 31.2 Å². The predicted molar refractivity (Wildman–Crippen MR) is 73.2 cm³/mol. The number of fused-ring (bicyclic) bond motifs is 1. The molecule has 0 fully saturated rings. The Morgan fingerprint density at radius 1 is 1.50 bits per heavy atom. The van der Waals surface area contributed by atoms with E-state index in [1.807, 2.05) is 11.6 Å². The first-order chi connectivity index (χ1) is 8.48. The van der Waals surface area contributed by atoms with Crippen LogP contribution < -0.4 is 0 Å². The second-order valence-electron chi connectivity index (χ2n) is 5.90. The normalized spacial score (nSPS) is 21.9. The summed E-state index contributed by atoms with van der Waals surface area (Å²) in [6.07, 6.45) is 3.31. The number of rotatable bonds is 1. The smallest absolute Gasteiger partial charge is 0.193 e. The van der Waals surface area contributed by atoms with Crippen molar-refractivity contribution in [3.05, 3.63) is 34.6 Å². The zero-order valence-electron chi connectivity index (χ0n) is 11.0. The van der Waals surface area contributed by atoms with Gasteiger partial charge in [-0.2, -0.15) is 0 Å². The van der Waals surface area contributed by atoms with E-state index in [0.29, 0.717) is 0 Å². The van der Waals surface area contributed by atoms with Gasteiger partial charge < -0.3 is 5.11 Å². The van der Waals surface area contributed by atoms with E-state index in [2.05, 4.69) is 36.4 Å². The Hall–Kier alpha value is -1.13. The van der Waals surface area contributed by atoms with Crippen LogP contribution in [0.5, 0.6) is 0 Å². The molecule has 0 amide bonds. The van der Waals surface area contributed by atoms with Crippen molar-refractivity contribution in [3.8, 4) is 5.13 Å². The first kappa shape index (κ1) is 11.9. The van der Waals surface area contributed by atoms with E-state index in [0.717, 1.165) is 29.2 Å². The van der Waals surface area contributed by atoms with Crippen molar-refractivity contribution in [3.63, 3.8) is 0 Å². The molecular weight excluding hydrogens is 244 g/mol. The van der Waals surface area contributed by atoms with Gasteiger partial charge in [0.15, 0.2) is 5.13 Å². The molecule has 0 saturated carbocycles. The van der Waals surface area contributed by atoms with Crippen molar-refractivity contribution >= 4 is 11.3 Å². The minimum Gasteiger partial charge on any atom is -0.388 e. The average molecular weight is 262 g/mol. The van der Waals surface area contributed by atoms with Crippen LogP contribution in [-0.2, 0) is 6.42 Å². The van der Waals surface area contributed by atoms with E-state index in [-0.39, 0.29) is 11.5 Å². The molecule has 1 aliphatic rings. The summed E-state index contributed by atoms with van der Waals surface area (Å²) in [4.78, 5) is 4.40. The second-order valence-corrected chi connectivity index (χ2v) is 6.77. The molecule has 0 spiro atoms. The molecule has 0 bridgehead atoms. The van der Waals surface area contributed by atoms with Crippen molar-refractivity contribution in [1.29, 1.82) is 0 Å². The molecule has 0 radical (unpaired) electrons. The van der Waals surface area contributed by atoms with Gasteiger partial charge >= 0.3 is 0 Å². The lowest BCUT2D eigenvalue weighted by atomic mass is 9.75. The molecule has 0 aliphatic heterocycles. The summed E-state index contributed by atoms with van der Waals surface area (Å²) < 4.78 is 2.20. The maximum atomic E-state index is 10.3. The quantitative estimate of drug-likeness (QED) is 0.856. The van der Waals surface area contributed by atoms with Crippen LogP contribution in [-0.4, -0.2) is 14.7 Å². The van der Waals surface area contributed by atoms with Crippen molar-refractivity contribution < 1.29 is 5.11 Å². The highest BCUT2D eigenvalue weighted by Crippen LogP contribution is 2.42. The van der Waals surface area contributed by atoms with Gasteiger partial charge in [-0.3, -0.25) is 4.57 Å². The third-order valence-corrected chi connectivity index (χ3v) is 4.44. The monoisotopic (exact) mass is 262 g/mol. The second kappa shape index (κ2) is 3.93. The zero-order valence-corrected chi connectivity index (χ0v) is 11.8. The number of hydrogen-bond acceptors (Lipinski definition) is 3. The number of aliphatic hydroxyl groups excluding tert-OH is 1. The van der Waals surface area contributed by atoms with E-state index in [1.54, 1.807) is 11.3 Å². The van der Waals surface area contributed by atoms with Gasteiger partial charge in [0.2, 0.25) is 0 Å². The van der Waals surface area contributed by atoms with Gasteiger partial charge in [0.25, 0.3) is 0 Å². The fraction of sp³-hybridized carbons (Fsp3) is 0.500. The molecule has 2 aromatic rings. The van der Waals surface area contributed by atoms with Crippen molar-refractivity contribution in [2.75, 3.05) is 0 Å². The Bertz CT molecular complexity index is 569. The van der Waals surface area contributed by atoms with E-state index >= 15 is 0 Å². The predicted octanol–water partition coefficient (Wildman–Crippen LogP) is 3.25. The number of aryl methyl sites for hydroxylation is 1. The van der Waals surface area contributed by atoms with Gasteiger partial charge in [0.05, 0.1) is 6.10 Å². The molecule has 0 aromatic carbocycles. The van der Waals surface area contributed by atoms with Gasteiger partial charge in [0.1, 0.15) is 0 Å². The SMILES string of the molecule is Cc1cc2c(n1-c1nccs1)CC(C)(C)CC2O. The molecule has 96 valence electrons. The van der Waals surface area contributed by atoms with E-state index in [4.69, 9.17) is 0 Å². The third-order valence-electron chi connectivity index (χ3n) is 3.68. The zero-order chi connectivity index (χ0) is 12.9. The first-order valence-corrected chi connectivity index (χ1v) is 7.15. The van der Waals surface area contributed by atoms with Gasteiger partial charge in [-0.15, -0.1) is 11.3 Å². The highest BCUT2D eigenvalue weighted by atomic mass is 32.1. The molecule has 2 aromatic heterocycles. The number of nitrogens with zero attached hydrogens (tertiary/aromatic N) is 2. The van der Waals surface area contributed by atoms with Crippen LogP contribution in [0.2, 0.25) is 0 Å². The van der Waals surface area contributed by atoms with E-state index < -0.39 is 0 Å². The van der Waals surface area contributed by atoms with Crippen LogP contribution in [0.15, 0.2) is 17.6 Å². The summed E-state index contributed by atoms with van der Waals surface area (Å²) in [5.74, 6) is 0. The number of hydrogen-bond donors (Lipinski definition) is 1. The Morgan fingerprint density at radius 3 is 2.94 bits per heavy atom. The molecule has 1 N–H and O–H groups in total. The highest BCUT2D eigenvalue weighted by molar-refractivity contribution is 7.12. The summed E-state index contributed by atoms with van der Waals surface area (Å²) in [6.45, 7) is 6.51. The number of aliphatic hydroxyl groups is 1. The summed E-state index contributed by atoms with van der Waals surface area (Å²) in [6, 6.07) is 2.11. The maximum Gasteiger partial charge on any atom is 0.193 e. The molecule has 4 heteroatoms. The molecule has 0 saturated heterocycles. The highest BCUT2D eigenvalue weighted by Gasteiger charge is 2.34. The molecular formula is C14H18N2OS. The summed E-state index contributed by atoms with van der Waals surface area (Å²) >= 11 is 1.64. The van der Waals surface area contributed by atoms with Crippen molar-refractivity contribution in [2.24, 2.45) is 5.41 Å². The molecule has 3 nitrogen and oxygen atoms in total. The largest absolute Gasteiger partial charge is 0.388 e. The van der Waals surface area contributed by atoms with Crippen molar-refractivity contribution in [2.45, 2.75) is 39.7 Å². The van der Waals surface area contributed by atoms with Crippen LogP contribution in [0.4, 0.5) is 0 Å². The first-order valence-electron chi connectivity index (χ1n) is 6.27. The molecule has 3 rings (SSSR count). The van der Waals surface area contributed by atoms with Gasteiger partial charge in [-0.25, -0.2) is 4.98 Å². The number of thiazole rings is 1. The Kier molecular flexibility index (Phi) is 2.61. The van der Waals surface area contributed by atoms with E-state index in [9.17, 15) is 5.11 Å². The summed E-state index contributed by atoms with van der Waals surface area (Å²) in [5, 5.41) is 13.3. The number of aromatic nitrogens is 2. The van der Waals surface area contributed by atoms with Gasteiger partial charge in [-0.1, -0.05) is 13.8 Å². The van der Waals surface area contributed by atoms with E-state index in [1.165, 1.54) is 5.69 Å². The molecule has 18 heavy (non-hydrogen) atoms. The lowest BCUT2D eigenvalue weighted by Crippen LogP contribution is -2.26. The summed E-state index contributed by atoms with van der Waals surface area (Å²) in [5.41, 5.74) is 3.62. The topological polar surface area (TPSA) is 38.0 Å².